The summed E-state index contributed by atoms with van der Waals surface area (Å²) in [6, 6.07) is 11.1. The van der Waals surface area contributed by atoms with E-state index < -0.39 is 22.8 Å². The van der Waals surface area contributed by atoms with Crippen molar-refractivity contribution in [2.75, 3.05) is 0 Å². The van der Waals surface area contributed by atoms with Gasteiger partial charge in [0.1, 0.15) is 4.92 Å². The largest absolute Gasteiger partial charge is 0.433 e. The molecule has 0 aliphatic rings. The number of nitro groups is 1. The topological polar surface area (TPSA) is 106 Å². The molecule has 0 saturated carbocycles. The second-order valence-corrected chi connectivity index (χ2v) is 4.93. The van der Waals surface area contributed by atoms with E-state index in [1.54, 1.807) is 19.1 Å². The van der Waals surface area contributed by atoms with E-state index in [0.717, 1.165) is 11.6 Å². The highest BCUT2D eigenvalue weighted by Crippen LogP contribution is 2.19. The minimum atomic E-state index is -0.709. The minimum Gasteiger partial charge on any atom is -0.395 e. The van der Waals surface area contributed by atoms with Crippen LogP contribution < -0.4 is 5.32 Å². The van der Waals surface area contributed by atoms with Crippen molar-refractivity contribution >= 4 is 11.8 Å². The van der Waals surface area contributed by atoms with E-state index in [4.69, 9.17) is 4.42 Å². The summed E-state index contributed by atoms with van der Waals surface area (Å²) in [6.45, 7) is 1.74. The van der Waals surface area contributed by atoms with Gasteiger partial charge in [-0.25, -0.2) is 0 Å². The lowest BCUT2D eigenvalue weighted by Crippen LogP contribution is -2.33. The Bertz CT molecular complexity index is 653. The molecule has 0 aliphatic heterocycles. The average Bonchev–Trinajstić information content (AvgIpc) is 2.98. The molecule has 22 heavy (non-hydrogen) atoms. The number of aliphatic hydroxyl groups excluding tert-OH is 1. The molecule has 1 aromatic carbocycles. The first-order valence-corrected chi connectivity index (χ1v) is 6.75. The molecular weight excluding hydrogens is 288 g/mol. The van der Waals surface area contributed by atoms with Gasteiger partial charge in [0.05, 0.1) is 12.2 Å². The van der Waals surface area contributed by atoms with E-state index in [-0.39, 0.29) is 11.8 Å². The van der Waals surface area contributed by atoms with Gasteiger partial charge in [-0.2, -0.15) is 0 Å². The molecule has 7 heteroatoms. The SMILES string of the molecule is C[C@H](C[C@H](O)c1ccccc1)NC(=O)c1ccc([N+](=O)[O-])o1. The fourth-order valence-corrected chi connectivity index (χ4v) is 2.05. The predicted octanol–water partition coefficient (Wildman–Crippen LogP) is 2.43. The number of rotatable bonds is 6. The molecule has 0 spiro atoms. The van der Waals surface area contributed by atoms with Crippen LogP contribution in [-0.4, -0.2) is 22.0 Å². The highest BCUT2D eigenvalue weighted by Gasteiger charge is 2.20. The average molecular weight is 304 g/mol. The van der Waals surface area contributed by atoms with Gasteiger partial charge < -0.3 is 14.8 Å². The molecule has 7 nitrogen and oxygen atoms in total. The van der Waals surface area contributed by atoms with Gasteiger partial charge in [0.2, 0.25) is 0 Å². The molecule has 2 atom stereocenters. The number of benzene rings is 1. The molecule has 0 unspecified atom stereocenters. The zero-order valence-electron chi connectivity index (χ0n) is 11.9. The first-order chi connectivity index (χ1) is 10.5. The summed E-state index contributed by atoms with van der Waals surface area (Å²) in [6.07, 6.45) is -0.388. The minimum absolute atomic E-state index is 0.132. The molecule has 2 aromatic rings. The standard InChI is InChI=1S/C15H16N2O5/c1-10(9-12(18)11-5-3-2-4-6-11)16-15(19)13-7-8-14(22-13)17(20)21/h2-8,10,12,18H,9H2,1H3,(H,16,19)/t10-,12+/m1/s1. The first kappa shape index (κ1) is 15.7. The molecular formula is C15H16N2O5. The summed E-state index contributed by atoms with van der Waals surface area (Å²) < 4.78 is 4.82. The number of carbonyl (C=O) groups is 1. The fourth-order valence-electron chi connectivity index (χ4n) is 2.05. The Morgan fingerprint density at radius 3 is 2.59 bits per heavy atom. The van der Waals surface area contributed by atoms with E-state index in [1.807, 2.05) is 18.2 Å². The van der Waals surface area contributed by atoms with Crippen LogP contribution in [0.2, 0.25) is 0 Å². The quantitative estimate of drug-likeness (QED) is 0.629. The summed E-state index contributed by atoms with van der Waals surface area (Å²) >= 11 is 0. The molecule has 1 heterocycles. The number of hydrogen-bond acceptors (Lipinski definition) is 5. The molecule has 2 N–H and O–H groups in total. The molecule has 0 fully saturated rings. The smallest absolute Gasteiger partial charge is 0.395 e. The summed E-state index contributed by atoms with van der Waals surface area (Å²) in [5.74, 6) is -1.17. The fraction of sp³-hybridized carbons (Fsp3) is 0.267. The molecule has 1 aromatic heterocycles. The predicted molar refractivity (Wildman–Crippen MR) is 78.3 cm³/mol. The Morgan fingerprint density at radius 2 is 2.00 bits per heavy atom. The van der Waals surface area contributed by atoms with Gasteiger partial charge >= 0.3 is 5.88 Å². The second kappa shape index (κ2) is 6.86. The third kappa shape index (κ3) is 3.92. The van der Waals surface area contributed by atoms with E-state index >= 15 is 0 Å². The van der Waals surface area contributed by atoms with Crippen LogP contribution >= 0.6 is 0 Å². The number of aliphatic hydroxyl groups is 1. The van der Waals surface area contributed by atoms with Crippen molar-refractivity contribution in [2.45, 2.75) is 25.5 Å². The van der Waals surface area contributed by atoms with Gasteiger partial charge in [0, 0.05) is 6.04 Å². The highest BCUT2D eigenvalue weighted by atomic mass is 16.6. The van der Waals surface area contributed by atoms with Gasteiger partial charge in [-0.15, -0.1) is 0 Å². The normalized spacial score (nSPS) is 13.4. The third-order valence-corrected chi connectivity index (χ3v) is 3.13. The molecule has 0 aliphatic carbocycles. The molecule has 0 saturated heterocycles. The number of hydrogen-bond donors (Lipinski definition) is 2. The summed E-state index contributed by atoms with van der Waals surface area (Å²) in [5, 5.41) is 23.2. The summed E-state index contributed by atoms with van der Waals surface area (Å²) in [7, 11) is 0. The van der Waals surface area contributed by atoms with Crippen LogP contribution in [0.15, 0.2) is 46.9 Å². The van der Waals surface area contributed by atoms with Crippen LogP contribution in [0.4, 0.5) is 5.88 Å². The monoisotopic (exact) mass is 304 g/mol. The molecule has 0 radical (unpaired) electrons. The third-order valence-electron chi connectivity index (χ3n) is 3.13. The Hall–Kier alpha value is -2.67. The van der Waals surface area contributed by atoms with Gasteiger partial charge in [-0.3, -0.25) is 14.9 Å². The Kier molecular flexibility index (Phi) is 4.90. The van der Waals surface area contributed by atoms with Gasteiger partial charge in [-0.1, -0.05) is 30.3 Å². The van der Waals surface area contributed by atoms with Gasteiger partial charge in [0.15, 0.2) is 5.76 Å². The summed E-state index contributed by atoms with van der Waals surface area (Å²) in [5.41, 5.74) is 0.761. The molecule has 116 valence electrons. The number of nitrogens with zero attached hydrogens (tertiary/aromatic N) is 1. The molecule has 0 bridgehead atoms. The lowest BCUT2D eigenvalue weighted by Gasteiger charge is -2.17. The van der Waals surface area contributed by atoms with Crippen molar-refractivity contribution in [1.82, 2.24) is 5.32 Å². The highest BCUT2D eigenvalue weighted by molar-refractivity contribution is 5.91. The van der Waals surface area contributed by atoms with E-state index in [9.17, 15) is 20.0 Å². The van der Waals surface area contributed by atoms with E-state index in [0.29, 0.717) is 6.42 Å². The molecule has 1 amide bonds. The second-order valence-electron chi connectivity index (χ2n) is 4.93. The van der Waals surface area contributed by atoms with Crippen molar-refractivity contribution in [3.05, 3.63) is 63.9 Å². The van der Waals surface area contributed by atoms with Crippen LogP contribution in [0.5, 0.6) is 0 Å². The lowest BCUT2D eigenvalue weighted by molar-refractivity contribution is -0.402. The maximum absolute atomic E-state index is 11.9. The zero-order valence-corrected chi connectivity index (χ0v) is 11.9. The van der Waals surface area contributed by atoms with Crippen LogP contribution in [0.3, 0.4) is 0 Å². The number of amides is 1. The first-order valence-electron chi connectivity index (χ1n) is 6.75. The Balaban J connectivity index is 1.92. The van der Waals surface area contributed by atoms with Crippen molar-refractivity contribution < 1.29 is 19.2 Å². The van der Waals surface area contributed by atoms with Crippen molar-refractivity contribution in [3.63, 3.8) is 0 Å². The van der Waals surface area contributed by atoms with Crippen LogP contribution in [0.1, 0.15) is 35.6 Å². The number of carbonyl (C=O) groups excluding carboxylic acids is 1. The van der Waals surface area contributed by atoms with Crippen molar-refractivity contribution in [3.8, 4) is 0 Å². The summed E-state index contributed by atoms with van der Waals surface area (Å²) in [4.78, 5) is 21.7. The number of furan rings is 1. The van der Waals surface area contributed by atoms with Crippen LogP contribution in [-0.2, 0) is 0 Å². The zero-order chi connectivity index (χ0) is 16.1. The van der Waals surface area contributed by atoms with Gasteiger partial charge in [-0.05, 0) is 25.0 Å². The lowest BCUT2D eigenvalue weighted by atomic mass is 10.0. The van der Waals surface area contributed by atoms with E-state index in [1.165, 1.54) is 6.07 Å². The van der Waals surface area contributed by atoms with Crippen LogP contribution in [0.25, 0.3) is 0 Å². The van der Waals surface area contributed by atoms with Crippen LogP contribution in [0, 0.1) is 10.1 Å². The maximum Gasteiger partial charge on any atom is 0.433 e. The number of nitrogens with one attached hydrogen (secondary N) is 1. The van der Waals surface area contributed by atoms with Crippen molar-refractivity contribution in [2.24, 2.45) is 0 Å². The Morgan fingerprint density at radius 1 is 1.32 bits per heavy atom. The maximum atomic E-state index is 11.9. The van der Waals surface area contributed by atoms with E-state index in [2.05, 4.69) is 5.32 Å². The Labute approximate surface area is 126 Å². The molecule has 2 rings (SSSR count). The van der Waals surface area contributed by atoms with Gasteiger partial charge in [0.25, 0.3) is 5.91 Å². The van der Waals surface area contributed by atoms with Crippen molar-refractivity contribution in [1.29, 1.82) is 0 Å².